The minimum atomic E-state index is -4.57. The molecule has 0 heterocycles. The van der Waals surface area contributed by atoms with Crippen molar-refractivity contribution in [2.45, 2.75) is 31.5 Å². The van der Waals surface area contributed by atoms with Gasteiger partial charge < -0.3 is 10.4 Å². The average Bonchev–Trinajstić information content (AvgIpc) is 2.55. The molecule has 27 heavy (non-hydrogen) atoms. The maximum absolute atomic E-state index is 13.0. The van der Waals surface area contributed by atoms with Crippen LogP contribution in [0.15, 0.2) is 48.5 Å². The molecule has 0 spiro atoms. The Hall–Kier alpha value is -2.54. The van der Waals surface area contributed by atoms with E-state index in [1.165, 1.54) is 18.2 Å². The van der Waals surface area contributed by atoms with Crippen molar-refractivity contribution in [3.8, 4) is 0 Å². The summed E-state index contributed by atoms with van der Waals surface area (Å²) in [6.45, 7) is 0. The van der Waals surface area contributed by atoms with E-state index in [2.05, 4.69) is 5.32 Å². The SMILES string of the molecule is O=C(O)C[C@H](Cc1ccc(Cl)cc1)NC(=O)Cc1ccccc1C(F)(F)F. The van der Waals surface area contributed by atoms with Gasteiger partial charge in [0.15, 0.2) is 0 Å². The van der Waals surface area contributed by atoms with Crippen molar-refractivity contribution in [2.24, 2.45) is 0 Å². The van der Waals surface area contributed by atoms with Crippen molar-refractivity contribution in [1.29, 1.82) is 0 Å². The highest BCUT2D eigenvalue weighted by Crippen LogP contribution is 2.32. The number of alkyl halides is 3. The summed E-state index contributed by atoms with van der Waals surface area (Å²) in [5.41, 5.74) is -0.294. The molecule has 2 rings (SSSR count). The number of hydrogen-bond donors (Lipinski definition) is 2. The molecule has 0 saturated carbocycles. The third kappa shape index (κ3) is 6.60. The van der Waals surface area contributed by atoms with E-state index in [0.29, 0.717) is 5.02 Å². The molecular formula is C19H17ClF3NO3. The monoisotopic (exact) mass is 399 g/mol. The molecule has 0 aromatic heterocycles. The van der Waals surface area contributed by atoms with E-state index in [1.807, 2.05) is 0 Å². The molecule has 4 nitrogen and oxygen atoms in total. The molecule has 144 valence electrons. The highest BCUT2D eigenvalue weighted by Gasteiger charge is 2.33. The second-order valence-electron chi connectivity index (χ2n) is 6.02. The first-order valence-corrected chi connectivity index (χ1v) is 8.43. The van der Waals surface area contributed by atoms with Gasteiger partial charge in [-0.1, -0.05) is 41.9 Å². The van der Waals surface area contributed by atoms with Gasteiger partial charge in [-0.3, -0.25) is 9.59 Å². The molecule has 0 unspecified atom stereocenters. The van der Waals surface area contributed by atoms with E-state index < -0.39 is 36.1 Å². The first kappa shape index (κ1) is 20.8. The van der Waals surface area contributed by atoms with Crippen molar-refractivity contribution >= 4 is 23.5 Å². The molecule has 0 aliphatic rings. The van der Waals surface area contributed by atoms with Gasteiger partial charge >= 0.3 is 12.1 Å². The molecule has 2 N–H and O–H groups in total. The fourth-order valence-corrected chi connectivity index (χ4v) is 2.82. The summed E-state index contributed by atoms with van der Waals surface area (Å²) in [4.78, 5) is 23.3. The number of hydrogen-bond acceptors (Lipinski definition) is 2. The lowest BCUT2D eigenvalue weighted by Gasteiger charge is -2.18. The predicted molar refractivity (Wildman–Crippen MR) is 94.5 cm³/mol. The minimum Gasteiger partial charge on any atom is -0.481 e. The van der Waals surface area contributed by atoms with Gasteiger partial charge in [0.2, 0.25) is 5.91 Å². The van der Waals surface area contributed by atoms with Gasteiger partial charge in [-0.05, 0) is 35.7 Å². The zero-order valence-electron chi connectivity index (χ0n) is 14.1. The summed E-state index contributed by atoms with van der Waals surface area (Å²) < 4.78 is 39.1. The van der Waals surface area contributed by atoms with E-state index >= 15 is 0 Å². The quantitative estimate of drug-likeness (QED) is 0.736. The molecule has 0 saturated heterocycles. The number of carbonyl (C=O) groups excluding carboxylic acids is 1. The average molecular weight is 400 g/mol. The van der Waals surface area contributed by atoms with Gasteiger partial charge in [0.1, 0.15) is 0 Å². The first-order valence-electron chi connectivity index (χ1n) is 8.06. The molecule has 0 radical (unpaired) electrons. The number of carbonyl (C=O) groups is 2. The topological polar surface area (TPSA) is 66.4 Å². The Bertz CT molecular complexity index is 807. The van der Waals surface area contributed by atoms with Crippen LogP contribution in [-0.2, 0) is 28.6 Å². The third-order valence-corrected chi connectivity index (χ3v) is 4.11. The van der Waals surface area contributed by atoms with Crippen LogP contribution in [0, 0.1) is 0 Å². The van der Waals surface area contributed by atoms with Crippen LogP contribution in [0.25, 0.3) is 0 Å². The molecule has 2 aromatic rings. The summed E-state index contributed by atoms with van der Waals surface area (Å²) in [6, 6.07) is 10.7. The number of carboxylic acid groups (broad SMARTS) is 1. The summed E-state index contributed by atoms with van der Waals surface area (Å²) in [7, 11) is 0. The van der Waals surface area contributed by atoms with Crippen LogP contribution >= 0.6 is 11.6 Å². The number of rotatable bonds is 7. The standard InChI is InChI=1S/C19H17ClF3NO3/c20-14-7-5-12(6-8-14)9-15(11-18(26)27)24-17(25)10-13-3-1-2-4-16(13)19(21,22)23/h1-8,15H,9-11H2,(H,24,25)(H,26,27)/t15-/m0/s1. The first-order chi connectivity index (χ1) is 12.6. The van der Waals surface area contributed by atoms with E-state index in [0.717, 1.165) is 11.6 Å². The van der Waals surface area contributed by atoms with Crippen LogP contribution in [0.4, 0.5) is 13.2 Å². The Morgan fingerprint density at radius 2 is 1.70 bits per heavy atom. The lowest BCUT2D eigenvalue weighted by molar-refractivity contribution is -0.138. The molecule has 0 aliphatic carbocycles. The highest BCUT2D eigenvalue weighted by atomic mass is 35.5. The van der Waals surface area contributed by atoms with Crippen molar-refractivity contribution < 1.29 is 27.9 Å². The molecular weight excluding hydrogens is 383 g/mol. The van der Waals surface area contributed by atoms with Crippen molar-refractivity contribution in [2.75, 3.05) is 0 Å². The zero-order valence-corrected chi connectivity index (χ0v) is 14.8. The summed E-state index contributed by atoms with van der Waals surface area (Å²) in [5.74, 6) is -1.79. The fourth-order valence-electron chi connectivity index (χ4n) is 2.69. The number of amides is 1. The van der Waals surface area contributed by atoms with Gasteiger partial charge in [0.25, 0.3) is 0 Å². The fraction of sp³-hybridized carbons (Fsp3) is 0.263. The maximum Gasteiger partial charge on any atom is 0.416 e. The summed E-state index contributed by atoms with van der Waals surface area (Å²) >= 11 is 5.80. The van der Waals surface area contributed by atoms with Gasteiger partial charge in [-0.25, -0.2) is 0 Å². The lowest BCUT2D eigenvalue weighted by atomic mass is 10.0. The van der Waals surface area contributed by atoms with Gasteiger partial charge in [0, 0.05) is 11.1 Å². The Labute approximate surface area is 159 Å². The number of halogens is 4. The van der Waals surface area contributed by atoms with Crippen LogP contribution < -0.4 is 5.32 Å². The minimum absolute atomic E-state index is 0.164. The Balaban J connectivity index is 2.10. The van der Waals surface area contributed by atoms with Crippen LogP contribution in [0.5, 0.6) is 0 Å². The number of benzene rings is 2. The van der Waals surface area contributed by atoms with Crippen molar-refractivity contribution in [1.82, 2.24) is 5.32 Å². The van der Waals surface area contributed by atoms with E-state index in [1.54, 1.807) is 24.3 Å². The Morgan fingerprint density at radius 3 is 2.30 bits per heavy atom. The van der Waals surface area contributed by atoms with E-state index in [9.17, 15) is 22.8 Å². The second-order valence-corrected chi connectivity index (χ2v) is 6.46. The van der Waals surface area contributed by atoms with Gasteiger partial charge in [0.05, 0.1) is 18.4 Å². The number of nitrogens with one attached hydrogen (secondary N) is 1. The van der Waals surface area contributed by atoms with Crippen LogP contribution in [-0.4, -0.2) is 23.0 Å². The number of carboxylic acids is 1. The van der Waals surface area contributed by atoms with Crippen molar-refractivity contribution in [3.05, 3.63) is 70.2 Å². The third-order valence-electron chi connectivity index (χ3n) is 3.86. The van der Waals surface area contributed by atoms with E-state index in [4.69, 9.17) is 16.7 Å². The maximum atomic E-state index is 13.0. The van der Waals surface area contributed by atoms with Crippen molar-refractivity contribution in [3.63, 3.8) is 0 Å². The summed E-state index contributed by atoms with van der Waals surface area (Å²) in [5, 5.41) is 12.1. The lowest BCUT2D eigenvalue weighted by Crippen LogP contribution is -2.39. The second kappa shape index (κ2) is 8.90. The Morgan fingerprint density at radius 1 is 1.07 bits per heavy atom. The summed E-state index contributed by atoms with van der Waals surface area (Å²) in [6.07, 6.45) is -5.20. The van der Waals surface area contributed by atoms with Gasteiger partial charge in [-0.2, -0.15) is 13.2 Å². The molecule has 0 fully saturated rings. The smallest absolute Gasteiger partial charge is 0.416 e. The number of aliphatic carboxylic acids is 1. The molecule has 8 heteroatoms. The molecule has 0 aliphatic heterocycles. The van der Waals surface area contributed by atoms with Crippen LogP contribution in [0.1, 0.15) is 23.1 Å². The zero-order chi connectivity index (χ0) is 20.0. The Kier molecular flexibility index (Phi) is 6.85. The highest BCUT2D eigenvalue weighted by molar-refractivity contribution is 6.30. The van der Waals surface area contributed by atoms with E-state index in [-0.39, 0.29) is 18.4 Å². The molecule has 1 atom stereocenters. The van der Waals surface area contributed by atoms with Gasteiger partial charge in [-0.15, -0.1) is 0 Å². The largest absolute Gasteiger partial charge is 0.481 e. The normalized spacial score (nSPS) is 12.4. The molecule has 2 aromatic carbocycles. The predicted octanol–water partition coefficient (Wildman–Crippen LogP) is 4.10. The van der Waals surface area contributed by atoms with Crippen LogP contribution in [0.2, 0.25) is 5.02 Å². The molecule has 1 amide bonds. The molecule has 0 bridgehead atoms. The van der Waals surface area contributed by atoms with Crippen LogP contribution in [0.3, 0.4) is 0 Å².